The lowest BCUT2D eigenvalue weighted by atomic mass is 9.81. The second-order valence-corrected chi connectivity index (χ2v) is 4.84. The summed E-state index contributed by atoms with van der Waals surface area (Å²) >= 11 is 0. The van der Waals surface area contributed by atoms with Gasteiger partial charge in [0.15, 0.2) is 0 Å². The van der Waals surface area contributed by atoms with Crippen LogP contribution in [0.4, 0.5) is 0 Å². The molecule has 0 aromatic heterocycles. The monoisotopic (exact) mass is 235 g/mol. The molecule has 1 fully saturated rings. The van der Waals surface area contributed by atoms with Crippen molar-refractivity contribution in [1.82, 2.24) is 5.32 Å². The van der Waals surface area contributed by atoms with Crippen molar-refractivity contribution in [3.63, 3.8) is 0 Å². The van der Waals surface area contributed by atoms with Crippen molar-refractivity contribution >= 4 is 0 Å². The van der Waals surface area contributed by atoms with Crippen LogP contribution in [0.3, 0.4) is 0 Å². The van der Waals surface area contributed by atoms with E-state index in [-0.39, 0.29) is 18.2 Å². The Bertz CT molecular complexity index is 335. The lowest BCUT2D eigenvalue weighted by molar-refractivity contribution is 0.0554. The smallest absolute Gasteiger partial charge is 0.119 e. The quantitative estimate of drug-likeness (QED) is 0.838. The summed E-state index contributed by atoms with van der Waals surface area (Å²) in [4.78, 5) is 0. The van der Waals surface area contributed by atoms with E-state index in [1.165, 1.54) is 0 Å². The van der Waals surface area contributed by atoms with Crippen molar-refractivity contribution < 1.29 is 9.84 Å². The van der Waals surface area contributed by atoms with Gasteiger partial charge < -0.3 is 15.2 Å². The third kappa shape index (κ3) is 2.99. The molecule has 0 radical (unpaired) electrons. The lowest BCUT2D eigenvalue weighted by Crippen LogP contribution is -2.52. The Morgan fingerprint density at radius 1 is 1.41 bits per heavy atom. The highest BCUT2D eigenvalue weighted by atomic mass is 16.5. The Kier molecular flexibility index (Phi) is 4.02. The molecule has 0 amide bonds. The van der Waals surface area contributed by atoms with E-state index in [1.807, 2.05) is 37.4 Å². The van der Waals surface area contributed by atoms with Crippen LogP contribution in [0.1, 0.15) is 25.7 Å². The van der Waals surface area contributed by atoms with Gasteiger partial charge in [-0.15, -0.1) is 0 Å². The first-order valence-electron chi connectivity index (χ1n) is 6.29. The molecule has 0 heterocycles. The third-order valence-corrected chi connectivity index (χ3v) is 3.68. The van der Waals surface area contributed by atoms with E-state index in [9.17, 15) is 5.11 Å². The molecule has 1 aromatic carbocycles. The molecule has 2 atom stereocenters. The summed E-state index contributed by atoms with van der Waals surface area (Å²) in [6.45, 7) is 0.179. The second kappa shape index (κ2) is 5.52. The number of hydrogen-bond donors (Lipinski definition) is 2. The van der Waals surface area contributed by atoms with Crippen LogP contribution in [0.5, 0.6) is 5.75 Å². The Morgan fingerprint density at radius 2 is 2.18 bits per heavy atom. The summed E-state index contributed by atoms with van der Waals surface area (Å²) in [5, 5.41) is 12.8. The first-order valence-corrected chi connectivity index (χ1v) is 6.29. The van der Waals surface area contributed by atoms with Gasteiger partial charge in [-0.05, 0) is 38.4 Å². The van der Waals surface area contributed by atoms with E-state index in [2.05, 4.69) is 5.32 Å². The van der Waals surface area contributed by atoms with Gasteiger partial charge in [0.1, 0.15) is 11.9 Å². The number of likely N-dealkylation sites (N-methyl/N-ethyl adjacent to an activating group) is 1. The SMILES string of the molecule is CNC1(CO)CCCC(Oc2ccccc2)C1. The number of rotatable bonds is 4. The van der Waals surface area contributed by atoms with Crippen LogP contribution in [0.25, 0.3) is 0 Å². The zero-order valence-electron chi connectivity index (χ0n) is 10.4. The molecular weight excluding hydrogens is 214 g/mol. The first-order chi connectivity index (χ1) is 8.28. The van der Waals surface area contributed by atoms with Gasteiger partial charge in [0.05, 0.1) is 6.61 Å². The van der Waals surface area contributed by atoms with Gasteiger partial charge >= 0.3 is 0 Å². The van der Waals surface area contributed by atoms with E-state index in [0.717, 1.165) is 31.4 Å². The molecule has 0 spiro atoms. The van der Waals surface area contributed by atoms with Crippen molar-refractivity contribution in [2.24, 2.45) is 0 Å². The highest BCUT2D eigenvalue weighted by Gasteiger charge is 2.35. The molecule has 3 heteroatoms. The topological polar surface area (TPSA) is 41.5 Å². The molecular formula is C14H21NO2. The Labute approximate surface area is 103 Å². The van der Waals surface area contributed by atoms with Gasteiger partial charge in [-0.1, -0.05) is 18.2 Å². The van der Waals surface area contributed by atoms with Crippen LogP contribution in [0.2, 0.25) is 0 Å². The number of aliphatic hydroxyl groups is 1. The van der Waals surface area contributed by atoms with Crippen molar-refractivity contribution in [2.75, 3.05) is 13.7 Å². The van der Waals surface area contributed by atoms with Crippen LogP contribution in [-0.2, 0) is 0 Å². The van der Waals surface area contributed by atoms with Crippen molar-refractivity contribution in [2.45, 2.75) is 37.3 Å². The maximum absolute atomic E-state index is 9.51. The van der Waals surface area contributed by atoms with Gasteiger partial charge in [0.2, 0.25) is 0 Å². The predicted octanol–water partition coefficient (Wildman–Crippen LogP) is 1.96. The number of benzene rings is 1. The number of para-hydroxylation sites is 1. The average molecular weight is 235 g/mol. The van der Waals surface area contributed by atoms with Gasteiger partial charge in [-0.2, -0.15) is 0 Å². The third-order valence-electron chi connectivity index (χ3n) is 3.68. The fraction of sp³-hybridized carbons (Fsp3) is 0.571. The van der Waals surface area contributed by atoms with Crippen molar-refractivity contribution in [1.29, 1.82) is 0 Å². The Hall–Kier alpha value is -1.06. The standard InChI is InChI=1S/C14H21NO2/c1-15-14(11-16)9-5-8-13(10-14)17-12-6-3-2-4-7-12/h2-4,6-7,13,15-16H,5,8-11H2,1H3. The zero-order chi connectivity index (χ0) is 12.1. The summed E-state index contributed by atoms with van der Waals surface area (Å²) in [5.41, 5.74) is -0.155. The maximum Gasteiger partial charge on any atom is 0.119 e. The van der Waals surface area contributed by atoms with Crippen LogP contribution in [-0.4, -0.2) is 30.4 Å². The summed E-state index contributed by atoms with van der Waals surface area (Å²) in [6.07, 6.45) is 4.26. The minimum absolute atomic E-state index is 0.155. The van der Waals surface area contributed by atoms with Crippen LogP contribution >= 0.6 is 0 Å². The van der Waals surface area contributed by atoms with Gasteiger partial charge in [-0.3, -0.25) is 0 Å². The first kappa shape index (κ1) is 12.4. The van der Waals surface area contributed by atoms with Crippen LogP contribution in [0.15, 0.2) is 30.3 Å². The molecule has 2 rings (SSSR count). The van der Waals surface area contributed by atoms with E-state index in [1.54, 1.807) is 0 Å². The number of aliphatic hydroxyl groups excluding tert-OH is 1. The molecule has 0 bridgehead atoms. The van der Waals surface area contributed by atoms with E-state index in [4.69, 9.17) is 4.74 Å². The fourth-order valence-corrected chi connectivity index (χ4v) is 2.55. The fourth-order valence-electron chi connectivity index (χ4n) is 2.55. The molecule has 0 aliphatic heterocycles. The number of nitrogens with one attached hydrogen (secondary N) is 1. The van der Waals surface area contributed by atoms with Gasteiger partial charge in [-0.25, -0.2) is 0 Å². The number of hydrogen-bond acceptors (Lipinski definition) is 3. The van der Waals surface area contributed by atoms with Crippen LogP contribution in [0, 0.1) is 0 Å². The minimum Gasteiger partial charge on any atom is -0.490 e. The Morgan fingerprint density at radius 3 is 2.82 bits per heavy atom. The molecule has 94 valence electrons. The van der Waals surface area contributed by atoms with E-state index in [0.29, 0.717) is 0 Å². The summed E-state index contributed by atoms with van der Waals surface area (Å²) < 4.78 is 5.96. The molecule has 17 heavy (non-hydrogen) atoms. The average Bonchev–Trinajstić information content (AvgIpc) is 2.40. The van der Waals surface area contributed by atoms with Crippen LogP contribution < -0.4 is 10.1 Å². The molecule has 1 aliphatic rings. The summed E-state index contributed by atoms with van der Waals surface area (Å²) in [5.74, 6) is 0.919. The van der Waals surface area contributed by atoms with E-state index < -0.39 is 0 Å². The van der Waals surface area contributed by atoms with Crippen molar-refractivity contribution in [3.8, 4) is 5.75 Å². The van der Waals surface area contributed by atoms with Gasteiger partial charge in [0, 0.05) is 12.0 Å². The molecule has 1 saturated carbocycles. The highest BCUT2D eigenvalue weighted by Crippen LogP contribution is 2.30. The second-order valence-electron chi connectivity index (χ2n) is 4.84. The van der Waals surface area contributed by atoms with Crippen molar-refractivity contribution in [3.05, 3.63) is 30.3 Å². The number of ether oxygens (including phenoxy) is 1. The molecule has 3 nitrogen and oxygen atoms in total. The lowest BCUT2D eigenvalue weighted by Gasteiger charge is -2.39. The largest absolute Gasteiger partial charge is 0.490 e. The molecule has 1 aliphatic carbocycles. The van der Waals surface area contributed by atoms with Gasteiger partial charge in [0.25, 0.3) is 0 Å². The Balaban J connectivity index is 1.98. The highest BCUT2D eigenvalue weighted by molar-refractivity contribution is 5.21. The maximum atomic E-state index is 9.51. The minimum atomic E-state index is -0.155. The molecule has 0 saturated heterocycles. The summed E-state index contributed by atoms with van der Waals surface area (Å²) in [6, 6.07) is 9.91. The normalized spacial score (nSPS) is 28.9. The summed E-state index contributed by atoms with van der Waals surface area (Å²) in [7, 11) is 1.92. The van der Waals surface area contributed by atoms with E-state index >= 15 is 0 Å². The molecule has 2 N–H and O–H groups in total. The zero-order valence-corrected chi connectivity index (χ0v) is 10.4. The molecule has 1 aromatic rings. The molecule has 2 unspecified atom stereocenters. The predicted molar refractivity (Wildman–Crippen MR) is 68.2 cm³/mol.